The first-order valence-corrected chi connectivity index (χ1v) is 8.52. The number of hydrogen-bond donors (Lipinski definition) is 1. The highest BCUT2D eigenvalue weighted by Crippen LogP contribution is 2.43. The van der Waals surface area contributed by atoms with Crippen LogP contribution in [0.25, 0.3) is 0 Å². The highest BCUT2D eigenvalue weighted by Gasteiger charge is 2.44. The minimum Gasteiger partial charge on any atom is -0.352 e. The van der Waals surface area contributed by atoms with E-state index in [-0.39, 0.29) is 6.04 Å². The van der Waals surface area contributed by atoms with E-state index in [1.807, 2.05) is 0 Å². The molecule has 2 aliphatic carbocycles. The van der Waals surface area contributed by atoms with Gasteiger partial charge in [0.25, 0.3) is 0 Å². The minimum atomic E-state index is -4.25. The van der Waals surface area contributed by atoms with Crippen molar-refractivity contribution in [2.45, 2.75) is 69.6 Å². The van der Waals surface area contributed by atoms with Crippen LogP contribution in [0, 0.1) is 11.8 Å². The Morgan fingerprint density at radius 2 is 1.77 bits per heavy atom. The van der Waals surface area contributed by atoms with Crippen molar-refractivity contribution >= 4 is 5.91 Å². The van der Waals surface area contributed by atoms with Crippen molar-refractivity contribution < 1.29 is 18.0 Å². The molecular weight excluding hydrogens is 293 g/mol. The molecule has 3 rings (SSSR count). The summed E-state index contributed by atoms with van der Waals surface area (Å²) in [6.07, 6.45) is 1.70. The Kier molecular flexibility index (Phi) is 4.67. The monoisotopic (exact) mass is 318 g/mol. The summed E-state index contributed by atoms with van der Waals surface area (Å²) < 4.78 is 36.7. The first-order chi connectivity index (χ1) is 10.4. The summed E-state index contributed by atoms with van der Waals surface area (Å²) in [5, 5.41) is 2.90. The van der Waals surface area contributed by atoms with Gasteiger partial charge in [0.2, 0.25) is 5.91 Å². The molecule has 126 valence electrons. The van der Waals surface area contributed by atoms with Crippen LogP contribution in [-0.2, 0) is 4.79 Å². The van der Waals surface area contributed by atoms with E-state index in [4.69, 9.17) is 0 Å². The zero-order chi connectivity index (χ0) is 15.7. The number of nitrogens with one attached hydrogen (secondary N) is 1. The molecule has 0 aromatic heterocycles. The van der Waals surface area contributed by atoms with Gasteiger partial charge in [-0.2, -0.15) is 13.2 Å². The second kappa shape index (κ2) is 6.38. The molecule has 0 bridgehead atoms. The SMILES string of the molecule is O=C(CCC(F)(F)F)N[C@@H]1CN(C2CCCC2)C[C@H]1C1CC1. The molecule has 1 heterocycles. The molecule has 2 saturated carbocycles. The molecule has 0 spiro atoms. The Labute approximate surface area is 129 Å². The Bertz CT molecular complexity index is 403. The van der Waals surface area contributed by atoms with Crippen LogP contribution in [0.5, 0.6) is 0 Å². The molecule has 3 nitrogen and oxygen atoms in total. The van der Waals surface area contributed by atoms with Gasteiger partial charge in [-0.05, 0) is 37.5 Å². The van der Waals surface area contributed by atoms with E-state index in [9.17, 15) is 18.0 Å². The summed E-state index contributed by atoms with van der Waals surface area (Å²) >= 11 is 0. The summed E-state index contributed by atoms with van der Waals surface area (Å²) in [6.45, 7) is 1.84. The number of likely N-dealkylation sites (tertiary alicyclic amines) is 1. The van der Waals surface area contributed by atoms with Crippen molar-refractivity contribution in [1.29, 1.82) is 0 Å². The molecule has 22 heavy (non-hydrogen) atoms. The quantitative estimate of drug-likeness (QED) is 0.845. The van der Waals surface area contributed by atoms with Crippen molar-refractivity contribution in [1.82, 2.24) is 10.2 Å². The number of hydrogen-bond acceptors (Lipinski definition) is 2. The molecule has 1 N–H and O–H groups in total. The van der Waals surface area contributed by atoms with E-state index in [0.717, 1.165) is 13.1 Å². The molecule has 0 radical (unpaired) electrons. The fourth-order valence-electron chi connectivity index (χ4n) is 4.12. The molecule has 6 heteroatoms. The van der Waals surface area contributed by atoms with Crippen LogP contribution in [0.1, 0.15) is 51.4 Å². The van der Waals surface area contributed by atoms with E-state index in [1.54, 1.807) is 0 Å². The molecule has 0 unspecified atom stereocenters. The highest BCUT2D eigenvalue weighted by molar-refractivity contribution is 5.76. The van der Waals surface area contributed by atoms with Gasteiger partial charge in [-0.25, -0.2) is 0 Å². The second-order valence-corrected chi connectivity index (χ2v) is 7.18. The molecule has 1 saturated heterocycles. The van der Waals surface area contributed by atoms with Crippen LogP contribution >= 0.6 is 0 Å². The van der Waals surface area contributed by atoms with Gasteiger partial charge in [0.1, 0.15) is 0 Å². The third-order valence-corrected chi connectivity index (χ3v) is 5.44. The molecule has 3 fully saturated rings. The topological polar surface area (TPSA) is 32.3 Å². The van der Waals surface area contributed by atoms with Gasteiger partial charge in [0, 0.05) is 31.6 Å². The molecule has 0 aromatic carbocycles. The summed E-state index contributed by atoms with van der Waals surface area (Å²) in [5.41, 5.74) is 0. The predicted octanol–water partition coefficient (Wildman–Crippen LogP) is 3.10. The van der Waals surface area contributed by atoms with Crippen molar-refractivity contribution in [3.05, 3.63) is 0 Å². The van der Waals surface area contributed by atoms with Gasteiger partial charge in [-0.3, -0.25) is 9.69 Å². The third kappa shape index (κ3) is 4.15. The summed E-state index contributed by atoms with van der Waals surface area (Å²) in [6, 6.07) is 0.673. The number of carbonyl (C=O) groups excluding carboxylic acids is 1. The Morgan fingerprint density at radius 3 is 2.36 bits per heavy atom. The Morgan fingerprint density at radius 1 is 1.09 bits per heavy atom. The molecule has 3 aliphatic rings. The lowest BCUT2D eigenvalue weighted by Crippen LogP contribution is -2.42. The van der Waals surface area contributed by atoms with Gasteiger partial charge in [0.15, 0.2) is 0 Å². The molecule has 1 aliphatic heterocycles. The van der Waals surface area contributed by atoms with Crippen LogP contribution in [-0.4, -0.2) is 42.2 Å². The lowest BCUT2D eigenvalue weighted by Gasteiger charge is -2.23. The van der Waals surface area contributed by atoms with Gasteiger partial charge in [0.05, 0.1) is 6.42 Å². The summed E-state index contributed by atoms with van der Waals surface area (Å²) in [4.78, 5) is 14.3. The first kappa shape index (κ1) is 16.1. The first-order valence-electron chi connectivity index (χ1n) is 8.52. The number of carbonyl (C=O) groups is 1. The minimum absolute atomic E-state index is 0.0498. The van der Waals surface area contributed by atoms with Crippen LogP contribution in [0.15, 0.2) is 0 Å². The number of nitrogens with zero attached hydrogens (tertiary/aromatic N) is 1. The maximum Gasteiger partial charge on any atom is 0.389 e. The number of amides is 1. The van der Waals surface area contributed by atoms with Crippen LogP contribution < -0.4 is 5.32 Å². The summed E-state index contributed by atoms with van der Waals surface area (Å²) in [5.74, 6) is 0.663. The normalized spacial score (nSPS) is 30.9. The van der Waals surface area contributed by atoms with Crippen LogP contribution in [0.3, 0.4) is 0 Å². The van der Waals surface area contributed by atoms with Crippen molar-refractivity contribution in [2.75, 3.05) is 13.1 Å². The van der Waals surface area contributed by atoms with Gasteiger partial charge < -0.3 is 5.32 Å². The smallest absolute Gasteiger partial charge is 0.352 e. The van der Waals surface area contributed by atoms with Crippen molar-refractivity contribution in [2.24, 2.45) is 11.8 Å². The van der Waals surface area contributed by atoms with Gasteiger partial charge in [-0.1, -0.05) is 12.8 Å². The molecule has 0 aromatic rings. The largest absolute Gasteiger partial charge is 0.389 e. The average Bonchev–Trinajstić information content (AvgIpc) is 2.98. The molecule has 1 amide bonds. The maximum absolute atomic E-state index is 12.2. The number of rotatable bonds is 5. The molecule has 2 atom stereocenters. The number of halogens is 3. The summed E-state index contributed by atoms with van der Waals surface area (Å²) in [7, 11) is 0. The average molecular weight is 318 g/mol. The lowest BCUT2D eigenvalue weighted by molar-refractivity contribution is -0.144. The Balaban J connectivity index is 1.53. The van der Waals surface area contributed by atoms with E-state index >= 15 is 0 Å². The van der Waals surface area contributed by atoms with Gasteiger partial charge in [-0.15, -0.1) is 0 Å². The zero-order valence-corrected chi connectivity index (χ0v) is 12.9. The van der Waals surface area contributed by atoms with Crippen LogP contribution in [0.4, 0.5) is 13.2 Å². The Hall–Kier alpha value is -0.780. The molecular formula is C16H25F3N2O. The zero-order valence-electron chi connectivity index (χ0n) is 12.9. The predicted molar refractivity (Wildman–Crippen MR) is 77.3 cm³/mol. The van der Waals surface area contributed by atoms with Crippen molar-refractivity contribution in [3.8, 4) is 0 Å². The van der Waals surface area contributed by atoms with Crippen molar-refractivity contribution in [3.63, 3.8) is 0 Å². The highest BCUT2D eigenvalue weighted by atomic mass is 19.4. The fourth-order valence-corrected chi connectivity index (χ4v) is 4.12. The fraction of sp³-hybridized carbons (Fsp3) is 0.938. The number of alkyl halides is 3. The lowest BCUT2D eigenvalue weighted by atomic mass is 9.98. The standard InChI is InChI=1S/C16H25F3N2O/c17-16(18,19)8-7-15(22)20-14-10-21(12-3-1-2-4-12)9-13(14)11-5-6-11/h11-14H,1-10H2,(H,20,22)/t13-,14+/m0/s1. The van der Waals surface area contributed by atoms with Crippen LogP contribution in [0.2, 0.25) is 0 Å². The van der Waals surface area contributed by atoms with E-state index in [0.29, 0.717) is 17.9 Å². The van der Waals surface area contributed by atoms with Gasteiger partial charge >= 0.3 is 6.18 Å². The second-order valence-electron chi connectivity index (χ2n) is 7.18. The third-order valence-electron chi connectivity index (χ3n) is 5.44. The van der Waals surface area contributed by atoms with E-state index in [2.05, 4.69) is 10.2 Å². The van der Waals surface area contributed by atoms with E-state index in [1.165, 1.54) is 38.5 Å². The maximum atomic E-state index is 12.2. The van der Waals surface area contributed by atoms with E-state index < -0.39 is 24.9 Å².